The van der Waals surface area contributed by atoms with Gasteiger partial charge in [-0.3, -0.25) is 4.79 Å². The van der Waals surface area contributed by atoms with Crippen LogP contribution in [0.2, 0.25) is 0 Å². The standard InChI is InChI=1S/C6H8O2.Na/c7-4-5-2-1-3-6(5)8;/h4,7H,1-3H2;/q;+1/p-1/b5-4-;. The molecule has 0 N–H and O–H groups in total. The summed E-state index contributed by atoms with van der Waals surface area (Å²) in [6.45, 7) is 0. The molecule has 0 heterocycles. The number of rotatable bonds is 0. The van der Waals surface area contributed by atoms with Crippen molar-refractivity contribution in [2.45, 2.75) is 19.3 Å². The Morgan fingerprint density at radius 3 is 2.33 bits per heavy atom. The van der Waals surface area contributed by atoms with E-state index in [-0.39, 0.29) is 35.3 Å². The van der Waals surface area contributed by atoms with E-state index in [4.69, 9.17) is 0 Å². The average molecular weight is 134 g/mol. The van der Waals surface area contributed by atoms with Crippen LogP contribution in [-0.4, -0.2) is 5.78 Å². The van der Waals surface area contributed by atoms with Crippen LogP contribution in [0.25, 0.3) is 0 Å². The second-order valence-electron chi connectivity index (χ2n) is 1.92. The van der Waals surface area contributed by atoms with Gasteiger partial charge in [0.05, 0.1) is 0 Å². The van der Waals surface area contributed by atoms with E-state index >= 15 is 0 Å². The molecule has 1 rings (SSSR count). The summed E-state index contributed by atoms with van der Waals surface area (Å²) in [7, 11) is 0. The second kappa shape index (κ2) is 4.09. The molecule has 0 aromatic rings. The van der Waals surface area contributed by atoms with Crippen LogP contribution in [0.5, 0.6) is 0 Å². The van der Waals surface area contributed by atoms with E-state index in [1.54, 1.807) is 0 Å². The van der Waals surface area contributed by atoms with Gasteiger partial charge in [-0.25, -0.2) is 0 Å². The molecule has 0 atom stereocenters. The number of carbonyl (C=O) groups is 1. The van der Waals surface area contributed by atoms with E-state index in [0.717, 1.165) is 6.42 Å². The Kier molecular flexibility index (Phi) is 4.19. The summed E-state index contributed by atoms with van der Waals surface area (Å²) in [6, 6.07) is 0. The van der Waals surface area contributed by atoms with Gasteiger partial charge in [0.25, 0.3) is 0 Å². The zero-order valence-electron chi connectivity index (χ0n) is 5.52. The Morgan fingerprint density at radius 2 is 2.11 bits per heavy atom. The molecule has 0 aromatic carbocycles. The van der Waals surface area contributed by atoms with Crippen molar-refractivity contribution in [2.24, 2.45) is 0 Å². The minimum Gasteiger partial charge on any atom is -0.878 e. The Morgan fingerprint density at radius 1 is 1.44 bits per heavy atom. The molecule has 2 nitrogen and oxygen atoms in total. The van der Waals surface area contributed by atoms with Gasteiger partial charge in [0.1, 0.15) is 0 Å². The molecule has 3 heteroatoms. The van der Waals surface area contributed by atoms with Crippen molar-refractivity contribution in [3.8, 4) is 0 Å². The fourth-order valence-electron chi connectivity index (χ4n) is 0.864. The van der Waals surface area contributed by atoms with Crippen LogP contribution in [0.15, 0.2) is 11.8 Å². The van der Waals surface area contributed by atoms with Crippen LogP contribution < -0.4 is 34.7 Å². The molecule has 0 radical (unpaired) electrons. The predicted octanol–water partition coefficient (Wildman–Crippen LogP) is -3.01. The van der Waals surface area contributed by atoms with Gasteiger partial charge in [0, 0.05) is 6.42 Å². The summed E-state index contributed by atoms with van der Waals surface area (Å²) >= 11 is 0. The van der Waals surface area contributed by atoms with Crippen LogP contribution in [0.3, 0.4) is 0 Å². The van der Waals surface area contributed by atoms with Gasteiger partial charge in [-0.2, -0.15) is 0 Å². The molecule has 9 heavy (non-hydrogen) atoms. The molecular formula is C6H7NaO2. The third kappa shape index (κ3) is 2.12. The molecule has 1 aliphatic rings. The van der Waals surface area contributed by atoms with E-state index in [9.17, 15) is 9.90 Å². The zero-order valence-corrected chi connectivity index (χ0v) is 7.52. The molecule has 0 bridgehead atoms. The van der Waals surface area contributed by atoms with Gasteiger partial charge in [-0.15, -0.1) is 6.26 Å². The maximum absolute atomic E-state index is 10.5. The first-order chi connectivity index (χ1) is 3.84. The molecule has 0 aliphatic heterocycles. The fourth-order valence-corrected chi connectivity index (χ4v) is 0.864. The number of hydrogen-bond donors (Lipinski definition) is 0. The van der Waals surface area contributed by atoms with Crippen molar-refractivity contribution in [1.29, 1.82) is 0 Å². The molecule has 0 spiro atoms. The Labute approximate surface area is 76.2 Å². The third-order valence-electron chi connectivity index (χ3n) is 1.35. The quantitative estimate of drug-likeness (QED) is 0.201. The zero-order chi connectivity index (χ0) is 5.98. The summed E-state index contributed by atoms with van der Waals surface area (Å²) in [5.74, 6) is 0.0417. The first-order valence-corrected chi connectivity index (χ1v) is 2.69. The minimum absolute atomic E-state index is 0. The topological polar surface area (TPSA) is 40.1 Å². The van der Waals surface area contributed by atoms with Gasteiger partial charge in [0.15, 0.2) is 5.78 Å². The Balaban J connectivity index is 0.000000640. The van der Waals surface area contributed by atoms with Gasteiger partial charge in [0.2, 0.25) is 0 Å². The van der Waals surface area contributed by atoms with Crippen LogP contribution in [-0.2, 0) is 4.79 Å². The van der Waals surface area contributed by atoms with Crippen molar-refractivity contribution >= 4 is 5.78 Å². The number of carbonyl (C=O) groups excluding carboxylic acids is 1. The molecule has 0 amide bonds. The van der Waals surface area contributed by atoms with Gasteiger partial charge >= 0.3 is 29.6 Å². The number of Topliss-reactive ketones (excluding diaryl/α,β-unsaturated/α-hetero) is 1. The monoisotopic (exact) mass is 134 g/mol. The molecule has 0 unspecified atom stereocenters. The molecule has 0 aromatic heterocycles. The number of allylic oxidation sites excluding steroid dienone is 1. The number of hydrogen-bond acceptors (Lipinski definition) is 2. The maximum Gasteiger partial charge on any atom is 1.00 e. The molecule has 1 fully saturated rings. The van der Waals surface area contributed by atoms with Crippen LogP contribution in [0, 0.1) is 0 Å². The molecule has 0 saturated heterocycles. The van der Waals surface area contributed by atoms with Crippen molar-refractivity contribution in [2.75, 3.05) is 0 Å². The predicted molar refractivity (Wildman–Crippen MR) is 26.9 cm³/mol. The van der Waals surface area contributed by atoms with Crippen molar-refractivity contribution < 1.29 is 39.5 Å². The SMILES string of the molecule is O=C1CCC/C1=C/[O-].[Na+]. The van der Waals surface area contributed by atoms with Crippen LogP contribution in [0.1, 0.15) is 19.3 Å². The summed E-state index contributed by atoms with van der Waals surface area (Å²) in [4.78, 5) is 10.5. The first kappa shape index (κ1) is 9.21. The van der Waals surface area contributed by atoms with Crippen molar-refractivity contribution in [3.05, 3.63) is 11.8 Å². The van der Waals surface area contributed by atoms with Crippen LogP contribution >= 0.6 is 0 Å². The van der Waals surface area contributed by atoms with Gasteiger partial charge in [-0.05, 0) is 18.4 Å². The van der Waals surface area contributed by atoms with E-state index in [1.165, 1.54) is 0 Å². The van der Waals surface area contributed by atoms with Gasteiger partial charge in [-0.1, -0.05) is 0 Å². The van der Waals surface area contributed by atoms with E-state index < -0.39 is 0 Å². The van der Waals surface area contributed by atoms with Crippen molar-refractivity contribution in [3.63, 3.8) is 0 Å². The molecule has 1 saturated carbocycles. The smallest absolute Gasteiger partial charge is 0.878 e. The average Bonchev–Trinajstić information content (AvgIpc) is 2.14. The summed E-state index contributed by atoms with van der Waals surface area (Å²) in [5.41, 5.74) is 0.477. The summed E-state index contributed by atoms with van der Waals surface area (Å²) in [6.07, 6.45) is 2.82. The van der Waals surface area contributed by atoms with E-state index in [2.05, 4.69) is 0 Å². The number of ketones is 1. The van der Waals surface area contributed by atoms with Crippen LogP contribution in [0.4, 0.5) is 0 Å². The third-order valence-corrected chi connectivity index (χ3v) is 1.35. The van der Waals surface area contributed by atoms with E-state index in [1.807, 2.05) is 0 Å². The Hall–Kier alpha value is 0.210. The molecule has 1 aliphatic carbocycles. The summed E-state index contributed by atoms with van der Waals surface area (Å²) < 4.78 is 0. The molecule has 44 valence electrons. The normalized spacial score (nSPS) is 22.2. The first-order valence-electron chi connectivity index (χ1n) is 2.69. The minimum atomic E-state index is 0. The van der Waals surface area contributed by atoms with E-state index in [0.29, 0.717) is 24.7 Å². The maximum atomic E-state index is 10.5. The Bertz CT molecular complexity index is 140. The van der Waals surface area contributed by atoms with Gasteiger partial charge < -0.3 is 5.11 Å². The summed E-state index contributed by atoms with van der Waals surface area (Å²) in [5, 5.41) is 9.96. The second-order valence-corrected chi connectivity index (χ2v) is 1.92. The largest absolute Gasteiger partial charge is 1.00 e. The van der Waals surface area contributed by atoms with Crippen molar-refractivity contribution in [1.82, 2.24) is 0 Å². The fraction of sp³-hybridized carbons (Fsp3) is 0.500. The molecular weight excluding hydrogens is 127 g/mol.